The van der Waals surface area contributed by atoms with Crippen molar-refractivity contribution in [1.29, 1.82) is 0 Å². The lowest BCUT2D eigenvalue weighted by Crippen LogP contribution is -2.32. The van der Waals surface area contributed by atoms with Crippen LogP contribution in [-0.4, -0.2) is 27.5 Å². The highest BCUT2D eigenvalue weighted by Gasteiger charge is 2.21. The molecule has 0 unspecified atom stereocenters. The van der Waals surface area contributed by atoms with Crippen LogP contribution in [0.4, 0.5) is 5.13 Å². The number of thiazole rings is 1. The van der Waals surface area contributed by atoms with Gasteiger partial charge in [0.2, 0.25) is 8.32 Å². The van der Waals surface area contributed by atoms with Gasteiger partial charge in [-0.3, -0.25) is 4.79 Å². The summed E-state index contributed by atoms with van der Waals surface area (Å²) in [6.07, 6.45) is 0.272. The van der Waals surface area contributed by atoms with E-state index in [1.807, 2.05) is 25.0 Å². The standard InChI is InChI=1S/C11H22N2O2SSi2/c1-17(2,3)13-11-12-9(8-16-11)7-10(14)15-18(4,5)6/h8H,7H2,1-6H3,(H,12,13). The van der Waals surface area contributed by atoms with Crippen molar-refractivity contribution in [3.63, 3.8) is 0 Å². The molecule has 0 amide bonds. The molecule has 0 bridgehead atoms. The fourth-order valence-electron chi connectivity index (χ4n) is 1.29. The minimum absolute atomic E-state index is 0.168. The van der Waals surface area contributed by atoms with Crippen LogP contribution in [-0.2, 0) is 15.6 Å². The minimum atomic E-state index is -1.79. The molecule has 0 aliphatic heterocycles. The van der Waals surface area contributed by atoms with Crippen molar-refractivity contribution >= 4 is 39.0 Å². The molecule has 102 valence electrons. The Morgan fingerprint density at radius 2 is 1.94 bits per heavy atom. The number of anilines is 1. The lowest BCUT2D eigenvalue weighted by atomic mass is 10.3. The van der Waals surface area contributed by atoms with E-state index in [9.17, 15) is 4.79 Å². The molecule has 0 saturated carbocycles. The van der Waals surface area contributed by atoms with E-state index in [1.165, 1.54) is 0 Å². The number of nitrogens with one attached hydrogen (secondary N) is 1. The maximum absolute atomic E-state index is 11.7. The van der Waals surface area contributed by atoms with E-state index in [4.69, 9.17) is 4.43 Å². The van der Waals surface area contributed by atoms with Crippen LogP contribution >= 0.6 is 11.3 Å². The number of aromatic nitrogens is 1. The first-order chi connectivity index (χ1) is 8.05. The predicted octanol–water partition coefficient (Wildman–Crippen LogP) is 3.31. The van der Waals surface area contributed by atoms with Crippen LogP contribution in [0.2, 0.25) is 39.3 Å². The number of rotatable bonds is 5. The second-order valence-corrected chi connectivity index (χ2v) is 16.3. The first-order valence-electron chi connectivity index (χ1n) is 6.00. The van der Waals surface area contributed by atoms with Gasteiger partial charge in [-0.05, 0) is 19.6 Å². The van der Waals surface area contributed by atoms with Crippen molar-refractivity contribution in [3.05, 3.63) is 11.1 Å². The number of hydrogen-bond donors (Lipinski definition) is 1. The van der Waals surface area contributed by atoms with Gasteiger partial charge in [0.05, 0.1) is 12.1 Å². The van der Waals surface area contributed by atoms with Crippen LogP contribution < -0.4 is 4.98 Å². The van der Waals surface area contributed by atoms with Crippen LogP contribution in [0.15, 0.2) is 5.38 Å². The van der Waals surface area contributed by atoms with Gasteiger partial charge in [-0.15, -0.1) is 11.3 Å². The monoisotopic (exact) mass is 302 g/mol. The summed E-state index contributed by atoms with van der Waals surface area (Å²) in [5.41, 5.74) is 0.795. The molecule has 0 saturated heterocycles. The number of hydrogen-bond acceptors (Lipinski definition) is 5. The van der Waals surface area contributed by atoms with Crippen LogP contribution in [0.5, 0.6) is 0 Å². The van der Waals surface area contributed by atoms with Gasteiger partial charge in [-0.25, -0.2) is 4.98 Å². The number of carbonyl (C=O) groups excluding carboxylic acids is 1. The second-order valence-electron chi connectivity index (χ2n) is 6.28. The van der Waals surface area contributed by atoms with Gasteiger partial charge in [0.1, 0.15) is 8.24 Å². The summed E-state index contributed by atoms with van der Waals surface area (Å²) in [4.78, 5) is 19.5. The zero-order chi connectivity index (χ0) is 14.0. The van der Waals surface area contributed by atoms with E-state index in [0.717, 1.165) is 10.8 Å². The molecule has 18 heavy (non-hydrogen) atoms. The van der Waals surface area contributed by atoms with Crippen LogP contribution in [0.1, 0.15) is 5.69 Å². The molecule has 1 rings (SSSR count). The van der Waals surface area contributed by atoms with E-state index in [2.05, 4.69) is 29.6 Å². The zero-order valence-electron chi connectivity index (χ0n) is 12.0. The van der Waals surface area contributed by atoms with Crippen molar-refractivity contribution in [3.8, 4) is 0 Å². The largest absolute Gasteiger partial charge is 0.520 e. The van der Waals surface area contributed by atoms with E-state index >= 15 is 0 Å². The smallest absolute Gasteiger partial charge is 0.298 e. The minimum Gasteiger partial charge on any atom is -0.520 e. The summed E-state index contributed by atoms with van der Waals surface area (Å²) in [7, 11) is -3.16. The lowest BCUT2D eigenvalue weighted by molar-refractivity contribution is -0.134. The first-order valence-corrected chi connectivity index (χ1v) is 13.8. The maximum Gasteiger partial charge on any atom is 0.298 e. The Labute approximate surface area is 115 Å². The molecule has 0 fully saturated rings. The molecule has 0 spiro atoms. The van der Waals surface area contributed by atoms with Gasteiger partial charge in [0.25, 0.3) is 5.97 Å². The third kappa shape index (κ3) is 6.32. The lowest BCUT2D eigenvalue weighted by Gasteiger charge is -2.17. The number of nitrogens with zero attached hydrogens (tertiary/aromatic N) is 1. The highest BCUT2D eigenvalue weighted by molar-refractivity contribution is 7.14. The topological polar surface area (TPSA) is 51.2 Å². The summed E-state index contributed by atoms with van der Waals surface area (Å²) in [6, 6.07) is 0. The van der Waals surface area contributed by atoms with Gasteiger partial charge in [0.15, 0.2) is 5.13 Å². The van der Waals surface area contributed by atoms with Gasteiger partial charge >= 0.3 is 0 Å². The Morgan fingerprint density at radius 3 is 2.44 bits per heavy atom. The van der Waals surface area contributed by atoms with Crippen LogP contribution in [0, 0.1) is 0 Å². The Morgan fingerprint density at radius 1 is 1.33 bits per heavy atom. The zero-order valence-corrected chi connectivity index (χ0v) is 14.8. The molecule has 1 heterocycles. The van der Waals surface area contributed by atoms with Crippen molar-refractivity contribution < 1.29 is 9.22 Å². The molecule has 4 nitrogen and oxygen atoms in total. The van der Waals surface area contributed by atoms with Gasteiger partial charge < -0.3 is 9.41 Å². The summed E-state index contributed by atoms with van der Waals surface area (Å²) in [5, 5.41) is 2.83. The van der Waals surface area contributed by atoms with Crippen molar-refractivity contribution in [2.75, 3.05) is 4.98 Å². The second kappa shape index (κ2) is 5.54. The fraction of sp³-hybridized carbons (Fsp3) is 0.636. The quantitative estimate of drug-likeness (QED) is 0.848. The third-order valence-electron chi connectivity index (χ3n) is 1.78. The summed E-state index contributed by atoms with van der Waals surface area (Å²) >= 11 is 1.55. The third-order valence-corrected chi connectivity index (χ3v) is 4.59. The molecular formula is C11H22N2O2SSi2. The summed E-state index contributed by atoms with van der Waals surface area (Å²) < 4.78 is 5.40. The normalized spacial score (nSPS) is 12.3. The molecule has 0 radical (unpaired) electrons. The van der Waals surface area contributed by atoms with Crippen LogP contribution in [0.25, 0.3) is 0 Å². The van der Waals surface area contributed by atoms with E-state index in [1.54, 1.807) is 11.3 Å². The average molecular weight is 303 g/mol. The van der Waals surface area contributed by atoms with E-state index in [-0.39, 0.29) is 12.4 Å². The molecule has 1 aromatic rings. The Kier molecular flexibility index (Phi) is 4.74. The molecule has 0 atom stereocenters. The Hall–Kier alpha value is -0.666. The summed E-state index contributed by atoms with van der Waals surface area (Å²) in [6.45, 7) is 12.7. The molecule has 7 heteroatoms. The van der Waals surface area contributed by atoms with Crippen molar-refractivity contribution in [2.45, 2.75) is 45.7 Å². The molecule has 0 aliphatic rings. The average Bonchev–Trinajstić information content (AvgIpc) is 2.44. The highest BCUT2D eigenvalue weighted by atomic mass is 32.1. The first kappa shape index (κ1) is 15.4. The fourth-order valence-corrected chi connectivity index (χ4v) is 4.45. The molecule has 1 N–H and O–H groups in total. The molecule has 0 aromatic carbocycles. The SMILES string of the molecule is C[Si](C)(C)Nc1nc(CC(=O)O[Si](C)(C)C)cs1. The molecule has 1 aromatic heterocycles. The van der Waals surface area contributed by atoms with Crippen molar-refractivity contribution in [2.24, 2.45) is 0 Å². The van der Waals surface area contributed by atoms with E-state index < -0.39 is 16.6 Å². The summed E-state index contributed by atoms with van der Waals surface area (Å²) in [5.74, 6) is -0.168. The van der Waals surface area contributed by atoms with Crippen LogP contribution in [0.3, 0.4) is 0 Å². The number of carbonyl (C=O) groups is 1. The molecular weight excluding hydrogens is 280 g/mol. The van der Waals surface area contributed by atoms with Crippen molar-refractivity contribution in [1.82, 2.24) is 4.98 Å². The van der Waals surface area contributed by atoms with Gasteiger partial charge in [0, 0.05) is 5.38 Å². The van der Waals surface area contributed by atoms with E-state index in [0.29, 0.717) is 0 Å². The van der Waals surface area contributed by atoms with Gasteiger partial charge in [-0.1, -0.05) is 19.6 Å². The highest BCUT2D eigenvalue weighted by Crippen LogP contribution is 2.19. The Bertz CT molecular complexity index is 421. The molecule has 0 aliphatic carbocycles. The predicted molar refractivity (Wildman–Crippen MR) is 82.2 cm³/mol. The Balaban J connectivity index is 2.57. The maximum atomic E-state index is 11.7. The van der Waals surface area contributed by atoms with Gasteiger partial charge in [-0.2, -0.15) is 0 Å².